The summed E-state index contributed by atoms with van der Waals surface area (Å²) in [7, 11) is 0. The molecule has 202 valence electrons. The Bertz CT molecular complexity index is 762. The quantitative estimate of drug-likeness (QED) is 0.523. The summed E-state index contributed by atoms with van der Waals surface area (Å²) in [6.07, 6.45) is 15.9. The number of halogens is 1. The molecule has 0 aromatic heterocycles. The SMILES string of the molecule is C.CC1(C)CN(C[C@@H](Cc2ccccc2)NCC2CCCC2)CCC1C1=CCC(Cl)C=C1.O.O.O. The van der Waals surface area contributed by atoms with E-state index in [1.807, 2.05) is 0 Å². The second kappa shape index (κ2) is 15.8. The molecule has 0 bridgehead atoms. The summed E-state index contributed by atoms with van der Waals surface area (Å²) in [4.78, 5) is 2.73. The van der Waals surface area contributed by atoms with Crippen molar-refractivity contribution in [2.24, 2.45) is 17.3 Å². The second-order valence-electron chi connectivity index (χ2n) is 10.8. The smallest absolute Gasteiger partial charge is 0.0553 e. The lowest BCUT2D eigenvalue weighted by molar-refractivity contribution is 0.0672. The molecule has 35 heavy (non-hydrogen) atoms. The zero-order valence-corrected chi connectivity index (χ0v) is 21.8. The summed E-state index contributed by atoms with van der Waals surface area (Å²) >= 11 is 6.27. The molecule has 1 saturated heterocycles. The lowest BCUT2D eigenvalue weighted by Gasteiger charge is -2.46. The van der Waals surface area contributed by atoms with Crippen LogP contribution < -0.4 is 5.32 Å². The topological polar surface area (TPSA) is 110 Å². The molecule has 2 fully saturated rings. The molecule has 5 nitrogen and oxygen atoms in total. The minimum atomic E-state index is 0. The largest absolute Gasteiger partial charge is 0.412 e. The summed E-state index contributed by atoms with van der Waals surface area (Å²) in [6, 6.07) is 11.6. The van der Waals surface area contributed by atoms with E-state index in [0.717, 1.165) is 25.3 Å². The molecular weight excluding hydrogens is 460 g/mol. The molecule has 3 aliphatic rings. The Kier molecular flexibility index (Phi) is 15.3. The summed E-state index contributed by atoms with van der Waals surface area (Å²) in [5, 5.41) is 4.16. The van der Waals surface area contributed by atoms with E-state index in [2.05, 4.69) is 72.6 Å². The number of allylic oxidation sites excluding steroid dienone is 4. The molecule has 1 saturated carbocycles. The van der Waals surface area contributed by atoms with E-state index in [1.54, 1.807) is 0 Å². The van der Waals surface area contributed by atoms with Gasteiger partial charge in [0.15, 0.2) is 0 Å². The normalized spacial score (nSPS) is 24.7. The number of hydrogen-bond donors (Lipinski definition) is 1. The maximum atomic E-state index is 6.27. The van der Waals surface area contributed by atoms with Crippen molar-refractivity contribution in [2.45, 2.75) is 77.6 Å². The van der Waals surface area contributed by atoms with Crippen LogP contribution in [0.3, 0.4) is 0 Å². The molecule has 1 aromatic carbocycles. The van der Waals surface area contributed by atoms with Gasteiger partial charge in [0, 0.05) is 19.1 Å². The zero-order valence-electron chi connectivity index (χ0n) is 21.0. The van der Waals surface area contributed by atoms with E-state index in [0.29, 0.717) is 12.0 Å². The highest BCUT2D eigenvalue weighted by atomic mass is 35.5. The molecule has 6 heteroatoms. The minimum absolute atomic E-state index is 0. The molecule has 1 aromatic rings. The van der Waals surface area contributed by atoms with Crippen molar-refractivity contribution in [1.82, 2.24) is 10.2 Å². The van der Waals surface area contributed by atoms with Gasteiger partial charge in [-0.2, -0.15) is 0 Å². The van der Waals surface area contributed by atoms with Gasteiger partial charge >= 0.3 is 0 Å². The van der Waals surface area contributed by atoms with Crippen molar-refractivity contribution in [3.63, 3.8) is 0 Å². The first-order chi connectivity index (χ1) is 15.0. The van der Waals surface area contributed by atoms with Crippen LogP contribution in [0.5, 0.6) is 0 Å². The van der Waals surface area contributed by atoms with Gasteiger partial charge in [-0.05, 0) is 73.6 Å². The first-order valence-electron chi connectivity index (χ1n) is 12.5. The van der Waals surface area contributed by atoms with Crippen molar-refractivity contribution in [3.8, 4) is 0 Å². The number of likely N-dealkylation sites (tertiary alicyclic amines) is 1. The van der Waals surface area contributed by atoms with E-state index in [-0.39, 0.29) is 34.6 Å². The molecule has 2 aliphatic carbocycles. The van der Waals surface area contributed by atoms with Gasteiger partial charge in [-0.3, -0.25) is 0 Å². The number of rotatable bonds is 8. The number of nitrogens with zero attached hydrogens (tertiary/aromatic N) is 1. The Morgan fingerprint density at radius 1 is 1.06 bits per heavy atom. The predicted octanol–water partition coefficient (Wildman–Crippen LogP) is 4.38. The third-order valence-corrected chi connectivity index (χ3v) is 8.08. The summed E-state index contributed by atoms with van der Waals surface area (Å²) < 4.78 is 0. The minimum Gasteiger partial charge on any atom is -0.412 e. The maximum Gasteiger partial charge on any atom is 0.0553 e. The van der Waals surface area contributed by atoms with Crippen LogP contribution in [0, 0.1) is 17.3 Å². The average molecular weight is 511 g/mol. The number of alkyl halides is 1. The lowest BCUT2D eigenvalue weighted by Crippen LogP contribution is -2.51. The van der Waals surface area contributed by atoms with Gasteiger partial charge in [-0.25, -0.2) is 0 Å². The Hall–Kier alpha value is -1.21. The summed E-state index contributed by atoms with van der Waals surface area (Å²) in [5.41, 5.74) is 3.26. The fourth-order valence-corrected chi connectivity index (χ4v) is 6.23. The van der Waals surface area contributed by atoms with Crippen LogP contribution in [-0.4, -0.2) is 58.9 Å². The molecule has 3 atom stereocenters. The lowest BCUT2D eigenvalue weighted by atomic mass is 9.69. The van der Waals surface area contributed by atoms with Crippen molar-refractivity contribution in [2.75, 3.05) is 26.2 Å². The van der Waals surface area contributed by atoms with Gasteiger partial charge in [0.25, 0.3) is 0 Å². The Morgan fingerprint density at radius 2 is 1.74 bits per heavy atom. The van der Waals surface area contributed by atoms with Crippen LogP contribution in [0.15, 0.2) is 54.1 Å². The monoisotopic (exact) mass is 510 g/mol. The molecule has 7 N–H and O–H groups in total. The molecule has 1 aliphatic heterocycles. The predicted molar refractivity (Wildman–Crippen MR) is 151 cm³/mol. The van der Waals surface area contributed by atoms with Gasteiger partial charge in [-0.15, -0.1) is 11.6 Å². The molecule has 2 unspecified atom stereocenters. The number of benzene rings is 1. The van der Waals surface area contributed by atoms with Gasteiger partial charge in [0.1, 0.15) is 0 Å². The zero-order chi connectivity index (χ0) is 21.7. The van der Waals surface area contributed by atoms with Crippen LogP contribution in [0.4, 0.5) is 0 Å². The van der Waals surface area contributed by atoms with Crippen LogP contribution in [0.2, 0.25) is 0 Å². The van der Waals surface area contributed by atoms with E-state index < -0.39 is 0 Å². The fourth-order valence-electron chi connectivity index (χ4n) is 6.07. The second-order valence-corrected chi connectivity index (χ2v) is 11.4. The third-order valence-electron chi connectivity index (χ3n) is 7.76. The first-order valence-corrected chi connectivity index (χ1v) is 13.0. The van der Waals surface area contributed by atoms with E-state index in [9.17, 15) is 0 Å². The van der Waals surface area contributed by atoms with Gasteiger partial charge in [0.2, 0.25) is 0 Å². The van der Waals surface area contributed by atoms with Gasteiger partial charge in [-0.1, -0.05) is 82.7 Å². The Morgan fingerprint density at radius 3 is 2.34 bits per heavy atom. The molecule has 0 radical (unpaired) electrons. The van der Waals surface area contributed by atoms with Crippen molar-refractivity contribution in [3.05, 3.63) is 59.7 Å². The first kappa shape index (κ1) is 33.8. The number of piperidine rings is 1. The summed E-state index contributed by atoms with van der Waals surface area (Å²) in [6.45, 7) is 9.63. The fraction of sp³-hybridized carbons (Fsp3) is 0.655. The Balaban J connectivity index is 0.00000289. The molecular formula is C29H51ClN2O3. The van der Waals surface area contributed by atoms with E-state index >= 15 is 0 Å². The van der Waals surface area contributed by atoms with E-state index in [1.165, 1.54) is 62.9 Å². The van der Waals surface area contributed by atoms with E-state index in [4.69, 9.17) is 11.6 Å². The van der Waals surface area contributed by atoms with Crippen LogP contribution >= 0.6 is 11.6 Å². The van der Waals surface area contributed by atoms with Crippen molar-refractivity contribution in [1.29, 1.82) is 0 Å². The Labute approximate surface area is 218 Å². The van der Waals surface area contributed by atoms with Crippen LogP contribution in [-0.2, 0) is 6.42 Å². The van der Waals surface area contributed by atoms with Crippen molar-refractivity contribution < 1.29 is 16.4 Å². The molecule has 0 amide bonds. The summed E-state index contributed by atoms with van der Waals surface area (Å²) in [5.74, 6) is 1.53. The highest BCUT2D eigenvalue weighted by molar-refractivity contribution is 6.22. The number of nitrogens with one attached hydrogen (secondary N) is 1. The molecule has 0 spiro atoms. The van der Waals surface area contributed by atoms with Crippen LogP contribution in [0.25, 0.3) is 0 Å². The molecule has 4 rings (SSSR count). The average Bonchev–Trinajstić information content (AvgIpc) is 3.27. The molecule has 1 heterocycles. The maximum absolute atomic E-state index is 6.27. The van der Waals surface area contributed by atoms with Gasteiger partial charge < -0.3 is 26.6 Å². The standard InChI is InChI=1S/C28H41ClN2.CH4.3H2O/c1-28(2)21-31(17-16-27(28)24-12-14-25(29)15-13-24)20-26(18-22-8-4-3-5-9-22)30-19-23-10-6-7-11-23;;;;/h3-5,8-9,12-14,23,25-27,30H,6-7,10-11,15-21H2,1-2H3;1H4;3*1H2/t25?,26-,27?;;;;/m1..../s1. The van der Waals surface area contributed by atoms with Crippen LogP contribution in [0.1, 0.15) is 65.4 Å². The van der Waals surface area contributed by atoms with Crippen molar-refractivity contribution >= 4 is 11.6 Å². The number of hydrogen-bond acceptors (Lipinski definition) is 2. The third kappa shape index (κ3) is 9.64. The van der Waals surface area contributed by atoms with Gasteiger partial charge in [0.05, 0.1) is 5.38 Å². The highest BCUT2D eigenvalue weighted by Crippen LogP contribution is 2.41. The highest BCUT2D eigenvalue weighted by Gasteiger charge is 2.38.